The van der Waals surface area contributed by atoms with E-state index in [0.717, 1.165) is 18.2 Å². The maximum atomic E-state index is 14.2. The highest BCUT2D eigenvalue weighted by molar-refractivity contribution is 6.31. The number of hydrogen-bond acceptors (Lipinski definition) is 1. The monoisotopic (exact) mass is 404 g/mol. The third-order valence-electron chi connectivity index (χ3n) is 3.70. The molecular weight excluding hydrogens is 396 g/mol. The fourth-order valence-corrected chi connectivity index (χ4v) is 2.64. The van der Waals surface area contributed by atoms with E-state index in [2.05, 4.69) is 0 Å². The van der Waals surface area contributed by atoms with Crippen LogP contribution < -0.4 is 0 Å². The number of aliphatic hydroxyl groups is 1. The zero-order valence-electron chi connectivity index (χ0n) is 12.5. The molecule has 0 spiro atoms. The van der Waals surface area contributed by atoms with E-state index < -0.39 is 45.6 Å². The molecule has 0 amide bonds. The summed E-state index contributed by atoms with van der Waals surface area (Å²) in [4.78, 5) is 0. The fraction of sp³-hybridized carbons (Fsp3) is 0.250. The molecule has 0 heterocycles. The summed E-state index contributed by atoms with van der Waals surface area (Å²) in [5.74, 6) is -5.75. The first-order chi connectivity index (χ1) is 11.7. The second-order valence-electron chi connectivity index (χ2n) is 5.34. The molecular formula is C16H9ClF8O. The van der Waals surface area contributed by atoms with Gasteiger partial charge in [0.25, 0.3) is 0 Å². The van der Waals surface area contributed by atoms with Gasteiger partial charge in [0, 0.05) is 10.6 Å². The predicted molar refractivity (Wildman–Crippen MR) is 76.9 cm³/mol. The quantitative estimate of drug-likeness (QED) is 0.642. The summed E-state index contributed by atoms with van der Waals surface area (Å²) in [5.41, 5.74) is -7.41. The highest BCUT2D eigenvalue weighted by Gasteiger charge is 2.71. The summed E-state index contributed by atoms with van der Waals surface area (Å²) in [5, 5.41) is 9.84. The fourth-order valence-electron chi connectivity index (χ4n) is 2.37. The molecule has 2 aromatic carbocycles. The second kappa shape index (κ2) is 6.38. The Kier molecular flexibility index (Phi) is 5.02. The molecule has 1 nitrogen and oxygen atoms in total. The molecule has 0 radical (unpaired) electrons. The van der Waals surface area contributed by atoms with Gasteiger partial charge in [0.15, 0.2) is 5.60 Å². The van der Waals surface area contributed by atoms with E-state index in [1.165, 1.54) is 6.07 Å². The van der Waals surface area contributed by atoms with E-state index >= 15 is 0 Å². The number of benzene rings is 2. The normalized spacial score (nSPS) is 15.6. The smallest absolute Gasteiger partial charge is 0.374 e. The van der Waals surface area contributed by atoms with Crippen molar-refractivity contribution in [3.8, 4) is 0 Å². The maximum absolute atomic E-state index is 14.2. The van der Waals surface area contributed by atoms with Gasteiger partial charge in [-0.2, -0.15) is 35.1 Å². The van der Waals surface area contributed by atoms with E-state index in [-0.39, 0.29) is 0 Å². The van der Waals surface area contributed by atoms with E-state index in [4.69, 9.17) is 11.6 Å². The molecule has 0 saturated heterocycles. The van der Waals surface area contributed by atoms with Crippen molar-refractivity contribution in [2.75, 3.05) is 0 Å². The molecule has 2 aromatic rings. The first-order valence-corrected chi connectivity index (χ1v) is 7.20. The van der Waals surface area contributed by atoms with Crippen LogP contribution in [0.15, 0.2) is 48.5 Å². The van der Waals surface area contributed by atoms with Crippen molar-refractivity contribution in [2.45, 2.75) is 23.9 Å². The van der Waals surface area contributed by atoms with Crippen LogP contribution in [0.1, 0.15) is 16.7 Å². The van der Waals surface area contributed by atoms with Crippen molar-refractivity contribution < 1.29 is 40.2 Å². The summed E-state index contributed by atoms with van der Waals surface area (Å²) in [6, 6.07) is 5.29. The standard InChI is InChI=1S/C16H9ClF8O/c17-12-4-2-1-3-11(12)13(26,15(21,22)16(23,24)25)9-5-7-10(8-6-9)14(18,19)20/h1-8,26H. The van der Waals surface area contributed by atoms with Gasteiger partial charge in [0.1, 0.15) is 0 Å². The van der Waals surface area contributed by atoms with Crippen molar-refractivity contribution in [3.05, 3.63) is 70.2 Å². The zero-order valence-corrected chi connectivity index (χ0v) is 13.2. The van der Waals surface area contributed by atoms with Gasteiger partial charge in [-0.25, -0.2) is 0 Å². The molecule has 0 saturated carbocycles. The number of halogens is 9. The minimum Gasteiger partial charge on any atom is -0.374 e. The Hall–Kier alpha value is -1.87. The van der Waals surface area contributed by atoms with Crippen LogP contribution in [0.2, 0.25) is 5.02 Å². The first-order valence-electron chi connectivity index (χ1n) is 6.82. The summed E-state index contributed by atoms with van der Waals surface area (Å²) < 4.78 is 105. The molecule has 2 rings (SSSR count). The Labute approximate surface area is 146 Å². The van der Waals surface area contributed by atoms with Gasteiger partial charge in [0.05, 0.1) is 5.56 Å². The van der Waals surface area contributed by atoms with Crippen LogP contribution in [0.5, 0.6) is 0 Å². The summed E-state index contributed by atoms with van der Waals surface area (Å²) in [6.07, 6.45) is -11.0. The Morgan fingerprint density at radius 1 is 0.692 bits per heavy atom. The molecule has 1 atom stereocenters. The lowest BCUT2D eigenvalue weighted by Gasteiger charge is -2.38. The minimum absolute atomic E-state index is 0.295. The van der Waals surface area contributed by atoms with Gasteiger partial charge in [-0.3, -0.25) is 0 Å². The van der Waals surface area contributed by atoms with E-state index in [1.54, 1.807) is 0 Å². The molecule has 0 fully saturated rings. The lowest BCUT2D eigenvalue weighted by Crippen LogP contribution is -2.55. The zero-order chi connectivity index (χ0) is 20.0. The molecule has 1 unspecified atom stereocenters. The van der Waals surface area contributed by atoms with Crippen LogP contribution in [0.4, 0.5) is 35.1 Å². The Morgan fingerprint density at radius 2 is 1.15 bits per heavy atom. The SMILES string of the molecule is OC(c1ccc(C(F)(F)F)cc1)(c1ccccc1Cl)C(F)(F)C(F)(F)F. The van der Waals surface area contributed by atoms with Gasteiger partial charge in [-0.05, 0) is 23.8 Å². The van der Waals surface area contributed by atoms with E-state index in [0.29, 0.717) is 24.3 Å². The van der Waals surface area contributed by atoms with Gasteiger partial charge < -0.3 is 5.11 Å². The third-order valence-corrected chi connectivity index (χ3v) is 4.03. The largest absolute Gasteiger partial charge is 0.457 e. The average molecular weight is 405 g/mol. The van der Waals surface area contributed by atoms with Gasteiger partial charge in [-0.1, -0.05) is 41.9 Å². The topological polar surface area (TPSA) is 20.2 Å². The van der Waals surface area contributed by atoms with Crippen LogP contribution >= 0.6 is 11.6 Å². The van der Waals surface area contributed by atoms with E-state index in [9.17, 15) is 40.2 Å². The molecule has 26 heavy (non-hydrogen) atoms. The summed E-state index contributed by atoms with van der Waals surface area (Å²) in [7, 11) is 0. The Bertz CT molecular complexity index is 782. The molecule has 10 heteroatoms. The molecule has 0 aliphatic carbocycles. The Morgan fingerprint density at radius 3 is 1.58 bits per heavy atom. The molecule has 0 aliphatic rings. The second-order valence-corrected chi connectivity index (χ2v) is 5.74. The predicted octanol–water partition coefficient (Wildman–Crippen LogP) is 5.79. The molecule has 0 aromatic heterocycles. The van der Waals surface area contributed by atoms with Crippen molar-refractivity contribution in [1.29, 1.82) is 0 Å². The van der Waals surface area contributed by atoms with Crippen LogP contribution in [-0.4, -0.2) is 17.2 Å². The van der Waals surface area contributed by atoms with Crippen LogP contribution in [0, 0.1) is 0 Å². The van der Waals surface area contributed by atoms with Gasteiger partial charge in [0.2, 0.25) is 0 Å². The lowest BCUT2D eigenvalue weighted by molar-refractivity contribution is -0.336. The van der Waals surface area contributed by atoms with Crippen LogP contribution in [0.3, 0.4) is 0 Å². The highest BCUT2D eigenvalue weighted by atomic mass is 35.5. The maximum Gasteiger partial charge on any atom is 0.457 e. The van der Waals surface area contributed by atoms with Crippen LogP contribution in [-0.2, 0) is 11.8 Å². The number of hydrogen-bond donors (Lipinski definition) is 1. The highest BCUT2D eigenvalue weighted by Crippen LogP contribution is 2.53. The Balaban J connectivity index is 2.76. The summed E-state index contributed by atoms with van der Waals surface area (Å²) >= 11 is 5.68. The van der Waals surface area contributed by atoms with E-state index in [1.807, 2.05) is 0 Å². The van der Waals surface area contributed by atoms with Crippen molar-refractivity contribution in [3.63, 3.8) is 0 Å². The number of rotatable bonds is 3. The van der Waals surface area contributed by atoms with Gasteiger partial charge in [-0.15, -0.1) is 0 Å². The van der Waals surface area contributed by atoms with Gasteiger partial charge >= 0.3 is 18.3 Å². The first kappa shape index (κ1) is 20.4. The number of alkyl halides is 8. The molecule has 1 N–H and O–H groups in total. The average Bonchev–Trinajstić information content (AvgIpc) is 2.52. The minimum atomic E-state index is -6.20. The lowest BCUT2D eigenvalue weighted by atomic mass is 9.80. The van der Waals surface area contributed by atoms with Crippen molar-refractivity contribution in [1.82, 2.24) is 0 Å². The molecule has 142 valence electrons. The molecule has 0 aliphatic heterocycles. The third kappa shape index (κ3) is 3.25. The van der Waals surface area contributed by atoms with Crippen LogP contribution in [0.25, 0.3) is 0 Å². The molecule has 0 bridgehead atoms. The summed E-state index contributed by atoms with van der Waals surface area (Å²) in [6.45, 7) is 0. The van der Waals surface area contributed by atoms with Crippen molar-refractivity contribution >= 4 is 11.6 Å². The van der Waals surface area contributed by atoms with Crippen molar-refractivity contribution in [2.24, 2.45) is 0 Å².